The highest BCUT2D eigenvalue weighted by Gasteiger charge is 2.34. The van der Waals surface area contributed by atoms with E-state index in [9.17, 15) is 8.78 Å². The van der Waals surface area contributed by atoms with Crippen molar-refractivity contribution in [3.05, 3.63) is 0 Å². The zero-order valence-electron chi connectivity index (χ0n) is 12.1. The second-order valence-corrected chi connectivity index (χ2v) is 6.47. The zero-order chi connectivity index (χ0) is 13.7. The molecule has 19 heavy (non-hydrogen) atoms. The van der Waals surface area contributed by atoms with Crippen molar-refractivity contribution in [3.63, 3.8) is 0 Å². The summed E-state index contributed by atoms with van der Waals surface area (Å²) in [6.45, 7) is 6.67. The third kappa shape index (κ3) is 5.35. The fraction of sp³-hybridized carbons (Fsp3) is 1.00. The fourth-order valence-electron chi connectivity index (χ4n) is 3.27. The van der Waals surface area contributed by atoms with E-state index in [4.69, 9.17) is 0 Å². The van der Waals surface area contributed by atoms with Crippen LogP contribution >= 0.6 is 0 Å². The number of hydrogen-bond donors (Lipinski definition) is 1. The number of likely N-dealkylation sites (tertiary alicyclic amines) is 1. The Balaban J connectivity index is 1.59. The highest BCUT2D eigenvalue weighted by molar-refractivity contribution is 4.80. The van der Waals surface area contributed by atoms with Crippen LogP contribution in [0.2, 0.25) is 0 Å². The second-order valence-electron chi connectivity index (χ2n) is 6.47. The van der Waals surface area contributed by atoms with E-state index in [0.29, 0.717) is 24.8 Å². The average Bonchev–Trinajstić information content (AvgIpc) is 2.39. The van der Waals surface area contributed by atoms with Gasteiger partial charge in [0.05, 0.1) is 0 Å². The van der Waals surface area contributed by atoms with Gasteiger partial charge in [0.2, 0.25) is 5.92 Å². The first kappa shape index (κ1) is 15.2. The topological polar surface area (TPSA) is 15.3 Å². The van der Waals surface area contributed by atoms with Crippen LogP contribution in [0.5, 0.6) is 0 Å². The van der Waals surface area contributed by atoms with Gasteiger partial charge in [-0.2, -0.15) is 0 Å². The Morgan fingerprint density at radius 2 is 1.79 bits per heavy atom. The molecule has 0 aromatic carbocycles. The molecule has 0 aromatic heterocycles. The molecule has 1 saturated heterocycles. The number of alkyl halides is 2. The summed E-state index contributed by atoms with van der Waals surface area (Å²) < 4.78 is 26.1. The van der Waals surface area contributed by atoms with Gasteiger partial charge in [0.15, 0.2) is 0 Å². The van der Waals surface area contributed by atoms with Gasteiger partial charge >= 0.3 is 0 Å². The fourth-order valence-corrected chi connectivity index (χ4v) is 3.27. The van der Waals surface area contributed by atoms with Crippen molar-refractivity contribution < 1.29 is 8.78 Å². The molecular formula is C15H28F2N2. The van der Waals surface area contributed by atoms with Crippen molar-refractivity contribution in [1.29, 1.82) is 0 Å². The zero-order valence-corrected chi connectivity index (χ0v) is 12.1. The minimum absolute atomic E-state index is 0.0832. The molecule has 2 fully saturated rings. The Labute approximate surface area is 115 Å². The summed E-state index contributed by atoms with van der Waals surface area (Å²) >= 11 is 0. The maximum Gasteiger partial charge on any atom is 0.248 e. The lowest BCUT2D eigenvalue weighted by molar-refractivity contribution is -0.0456. The van der Waals surface area contributed by atoms with Gasteiger partial charge in [0, 0.05) is 25.4 Å². The van der Waals surface area contributed by atoms with Gasteiger partial charge in [0.25, 0.3) is 0 Å². The summed E-state index contributed by atoms with van der Waals surface area (Å²) in [4.78, 5) is 2.52. The second kappa shape index (κ2) is 6.98. The molecular weight excluding hydrogens is 246 g/mol. The molecule has 1 saturated carbocycles. The molecule has 2 rings (SSSR count). The third-order valence-electron chi connectivity index (χ3n) is 4.57. The molecule has 0 bridgehead atoms. The summed E-state index contributed by atoms with van der Waals surface area (Å²) in [7, 11) is 0. The molecule has 1 N–H and O–H groups in total. The summed E-state index contributed by atoms with van der Waals surface area (Å²) in [5.41, 5.74) is 0. The highest BCUT2D eigenvalue weighted by Crippen LogP contribution is 2.35. The highest BCUT2D eigenvalue weighted by atomic mass is 19.3. The Kier molecular flexibility index (Phi) is 5.58. The van der Waals surface area contributed by atoms with Gasteiger partial charge < -0.3 is 10.2 Å². The van der Waals surface area contributed by atoms with Crippen LogP contribution in [0.1, 0.15) is 51.9 Å². The van der Waals surface area contributed by atoms with Crippen LogP contribution in [0.3, 0.4) is 0 Å². The van der Waals surface area contributed by atoms with E-state index in [0.717, 1.165) is 13.1 Å². The molecule has 1 aliphatic heterocycles. The Morgan fingerprint density at radius 3 is 2.42 bits per heavy atom. The van der Waals surface area contributed by atoms with Crippen LogP contribution < -0.4 is 5.32 Å². The first-order valence-electron chi connectivity index (χ1n) is 7.89. The number of nitrogens with one attached hydrogen (secondary N) is 1. The normalized spacial score (nSPS) is 27.3. The maximum atomic E-state index is 13.1. The van der Waals surface area contributed by atoms with E-state index in [1.807, 2.05) is 0 Å². The standard InChI is InChI=1S/C15H28F2N2/c1-13(12-19-9-3-2-4-10-19)18-11-14-5-7-15(16,17)8-6-14/h13-14,18H,2-12H2,1H3. The van der Waals surface area contributed by atoms with Crippen LogP contribution in [0, 0.1) is 5.92 Å². The SMILES string of the molecule is CC(CN1CCCCC1)NCC1CCC(F)(F)CC1. The van der Waals surface area contributed by atoms with E-state index in [1.54, 1.807) is 0 Å². The van der Waals surface area contributed by atoms with Crippen LogP contribution in [0.15, 0.2) is 0 Å². The van der Waals surface area contributed by atoms with Crippen molar-refractivity contribution in [3.8, 4) is 0 Å². The van der Waals surface area contributed by atoms with Crippen molar-refractivity contribution >= 4 is 0 Å². The molecule has 4 heteroatoms. The van der Waals surface area contributed by atoms with E-state index in [1.165, 1.54) is 32.4 Å². The predicted molar refractivity (Wildman–Crippen MR) is 74.7 cm³/mol. The van der Waals surface area contributed by atoms with E-state index < -0.39 is 5.92 Å². The van der Waals surface area contributed by atoms with E-state index in [2.05, 4.69) is 17.1 Å². The lowest BCUT2D eigenvalue weighted by atomic mass is 9.86. The summed E-state index contributed by atoms with van der Waals surface area (Å²) in [6.07, 6.45) is 5.54. The quantitative estimate of drug-likeness (QED) is 0.827. The minimum atomic E-state index is -2.39. The number of rotatable bonds is 5. The average molecular weight is 274 g/mol. The van der Waals surface area contributed by atoms with Crippen molar-refractivity contribution in [2.75, 3.05) is 26.2 Å². The van der Waals surface area contributed by atoms with Crippen LogP contribution in [0.4, 0.5) is 8.78 Å². The van der Waals surface area contributed by atoms with Crippen LogP contribution in [-0.2, 0) is 0 Å². The number of piperidine rings is 1. The summed E-state index contributed by atoms with van der Waals surface area (Å²) in [5.74, 6) is -1.95. The molecule has 2 aliphatic rings. The lowest BCUT2D eigenvalue weighted by Crippen LogP contribution is -2.43. The van der Waals surface area contributed by atoms with Crippen molar-refractivity contribution in [2.24, 2.45) is 5.92 Å². The van der Waals surface area contributed by atoms with Crippen molar-refractivity contribution in [2.45, 2.75) is 63.8 Å². The smallest absolute Gasteiger partial charge is 0.248 e. The first-order valence-corrected chi connectivity index (χ1v) is 7.89. The predicted octanol–water partition coefficient (Wildman–Crippen LogP) is 3.28. The maximum absolute atomic E-state index is 13.1. The van der Waals surface area contributed by atoms with Gasteiger partial charge in [-0.05, 0) is 58.2 Å². The third-order valence-corrected chi connectivity index (χ3v) is 4.57. The van der Waals surface area contributed by atoms with Gasteiger partial charge in [-0.1, -0.05) is 6.42 Å². The number of nitrogens with zero attached hydrogens (tertiary/aromatic N) is 1. The Hall–Kier alpha value is -0.220. The largest absolute Gasteiger partial charge is 0.313 e. The van der Waals surface area contributed by atoms with Crippen LogP contribution in [-0.4, -0.2) is 43.0 Å². The molecule has 0 radical (unpaired) electrons. The molecule has 1 atom stereocenters. The minimum Gasteiger partial charge on any atom is -0.313 e. The van der Waals surface area contributed by atoms with Gasteiger partial charge in [0.1, 0.15) is 0 Å². The van der Waals surface area contributed by atoms with Crippen molar-refractivity contribution in [1.82, 2.24) is 10.2 Å². The monoisotopic (exact) mass is 274 g/mol. The number of hydrogen-bond acceptors (Lipinski definition) is 2. The molecule has 0 amide bonds. The first-order chi connectivity index (χ1) is 9.05. The molecule has 1 heterocycles. The molecule has 1 unspecified atom stereocenters. The lowest BCUT2D eigenvalue weighted by Gasteiger charge is -2.32. The molecule has 1 aliphatic carbocycles. The summed E-state index contributed by atoms with van der Waals surface area (Å²) in [6, 6.07) is 0.473. The Bertz CT molecular complexity index is 255. The molecule has 2 nitrogen and oxygen atoms in total. The van der Waals surface area contributed by atoms with Gasteiger partial charge in [-0.25, -0.2) is 8.78 Å². The van der Waals surface area contributed by atoms with E-state index >= 15 is 0 Å². The number of halogens is 2. The van der Waals surface area contributed by atoms with Gasteiger partial charge in [-0.15, -0.1) is 0 Å². The van der Waals surface area contributed by atoms with Gasteiger partial charge in [-0.3, -0.25) is 0 Å². The van der Waals surface area contributed by atoms with E-state index in [-0.39, 0.29) is 12.8 Å². The molecule has 112 valence electrons. The molecule has 0 spiro atoms. The molecule has 0 aromatic rings. The summed E-state index contributed by atoms with van der Waals surface area (Å²) in [5, 5.41) is 3.54. The van der Waals surface area contributed by atoms with Crippen LogP contribution in [0.25, 0.3) is 0 Å². The Morgan fingerprint density at radius 1 is 1.16 bits per heavy atom.